The number of nitrogens with zero attached hydrogens (tertiary/aromatic N) is 2. The SMILES string of the molecule is C[C@]1(N)CN(S(=O)(=O)N(Cc2ccccc2)[C@H]2CCNC2)C[C@@H]1CCCB(O)O. The number of hydrogen-bond donors (Lipinski definition) is 4. The quantitative estimate of drug-likeness (QED) is 0.415. The molecule has 0 saturated carbocycles. The van der Waals surface area contributed by atoms with Gasteiger partial charge < -0.3 is 21.1 Å². The smallest absolute Gasteiger partial charge is 0.427 e. The van der Waals surface area contributed by atoms with Crippen LogP contribution < -0.4 is 11.1 Å². The predicted molar refractivity (Wildman–Crippen MR) is 114 cm³/mol. The Kier molecular flexibility index (Phi) is 7.37. The molecule has 0 amide bonds. The fraction of sp³-hybridized carbons (Fsp3) is 0.684. The summed E-state index contributed by atoms with van der Waals surface area (Å²) in [5, 5.41) is 21.4. The monoisotopic (exact) mass is 424 g/mol. The van der Waals surface area contributed by atoms with E-state index < -0.39 is 22.9 Å². The lowest BCUT2D eigenvalue weighted by Crippen LogP contribution is -2.50. The van der Waals surface area contributed by atoms with Crippen LogP contribution in [-0.4, -0.2) is 72.0 Å². The van der Waals surface area contributed by atoms with Gasteiger partial charge in [0.25, 0.3) is 10.2 Å². The van der Waals surface area contributed by atoms with E-state index in [-0.39, 0.29) is 24.8 Å². The van der Waals surface area contributed by atoms with Crippen molar-refractivity contribution in [3.8, 4) is 0 Å². The van der Waals surface area contributed by atoms with Gasteiger partial charge in [0, 0.05) is 37.8 Å². The molecule has 3 atom stereocenters. The van der Waals surface area contributed by atoms with Crippen LogP contribution in [0, 0.1) is 5.92 Å². The largest absolute Gasteiger partial charge is 0.451 e. The van der Waals surface area contributed by atoms with Crippen molar-refractivity contribution in [2.24, 2.45) is 11.7 Å². The van der Waals surface area contributed by atoms with E-state index in [4.69, 9.17) is 15.8 Å². The average Bonchev–Trinajstić information content (AvgIpc) is 3.28. The maximum absolute atomic E-state index is 13.6. The summed E-state index contributed by atoms with van der Waals surface area (Å²) < 4.78 is 30.4. The normalized spacial score (nSPS) is 28.3. The fourth-order valence-electron chi connectivity index (χ4n) is 4.37. The van der Waals surface area contributed by atoms with E-state index in [0.717, 1.165) is 18.5 Å². The highest BCUT2D eigenvalue weighted by atomic mass is 32.2. The third kappa shape index (κ3) is 5.58. The van der Waals surface area contributed by atoms with E-state index >= 15 is 0 Å². The van der Waals surface area contributed by atoms with Crippen LogP contribution in [0.25, 0.3) is 0 Å². The molecule has 3 rings (SSSR count). The van der Waals surface area contributed by atoms with Crippen molar-refractivity contribution in [2.45, 2.75) is 50.6 Å². The molecule has 0 spiro atoms. The van der Waals surface area contributed by atoms with Crippen LogP contribution >= 0.6 is 0 Å². The molecule has 5 N–H and O–H groups in total. The molecule has 10 heteroatoms. The third-order valence-electron chi connectivity index (χ3n) is 6.13. The molecule has 0 unspecified atom stereocenters. The maximum atomic E-state index is 13.6. The van der Waals surface area contributed by atoms with Crippen molar-refractivity contribution in [2.75, 3.05) is 26.2 Å². The molecule has 29 heavy (non-hydrogen) atoms. The summed E-state index contributed by atoms with van der Waals surface area (Å²) >= 11 is 0. The van der Waals surface area contributed by atoms with Gasteiger partial charge >= 0.3 is 7.12 Å². The van der Waals surface area contributed by atoms with Gasteiger partial charge in [-0.1, -0.05) is 36.8 Å². The standard InChI is InChI=1S/C19H33BN4O4S/c1-19(21)15-23(14-17(19)8-5-10-20(25)26)29(27,28)24(18-9-11-22-12-18)13-16-6-3-2-4-7-16/h2-4,6-7,17-18,22,25-26H,5,8-15,21H2,1H3/t17-,18-,19-/m0/s1. The van der Waals surface area contributed by atoms with Gasteiger partial charge in [0.1, 0.15) is 0 Å². The van der Waals surface area contributed by atoms with Crippen LogP contribution in [0.2, 0.25) is 6.32 Å². The first-order valence-corrected chi connectivity index (χ1v) is 11.8. The molecule has 2 aliphatic heterocycles. The lowest BCUT2D eigenvalue weighted by Gasteiger charge is -2.32. The Morgan fingerprint density at radius 2 is 2.07 bits per heavy atom. The van der Waals surface area contributed by atoms with Crippen molar-refractivity contribution >= 4 is 17.3 Å². The first-order chi connectivity index (χ1) is 13.7. The van der Waals surface area contributed by atoms with Crippen molar-refractivity contribution in [3.05, 3.63) is 35.9 Å². The molecule has 1 aromatic rings. The van der Waals surface area contributed by atoms with Crippen LogP contribution in [0.3, 0.4) is 0 Å². The van der Waals surface area contributed by atoms with Gasteiger partial charge in [-0.15, -0.1) is 0 Å². The van der Waals surface area contributed by atoms with Gasteiger partial charge in [-0.05, 0) is 44.1 Å². The second kappa shape index (κ2) is 9.42. The van der Waals surface area contributed by atoms with E-state index in [2.05, 4.69) is 5.32 Å². The van der Waals surface area contributed by atoms with Gasteiger partial charge in [0.05, 0.1) is 0 Å². The zero-order chi connectivity index (χ0) is 21.1. The lowest BCUT2D eigenvalue weighted by atomic mass is 9.79. The first kappa shape index (κ1) is 22.7. The van der Waals surface area contributed by atoms with Crippen LogP contribution in [0.15, 0.2) is 30.3 Å². The highest BCUT2D eigenvalue weighted by Crippen LogP contribution is 2.33. The predicted octanol–water partition coefficient (Wildman–Crippen LogP) is -0.00250. The summed E-state index contributed by atoms with van der Waals surface area (Å²) in [4.78, 5) is 0. The average molecular weight is 424 g/mol. The molecule has 1 aromatic carbocycles. The summed E-state index contributed by atoms with van der Waals surface area (Å²) in [6, 6.07) is 9.59. The summed E-state index contributed by atoms with van der Waals surface area (Å²) in [5.41, 5.74) is 6.80. The molecule has 2 fully saturated rings. The minimum Gasteiger partial charge on any atom is -0.427 e. The van der Waals surface area contributed by atoms with Crippen LogP contribution in [-0.2, 0) is 16.8 Å². The van der Waals surface area contributed by atoms with Crippen LogP contribution in [0.5, 0.6) is 0 Å². The number of nitrogens with one attached hydrogen (secondary N) is 1. The molecule has 2 heterocycles. The molecule has 8 nitrogen and oxygen atoms in total. The lowest BCUT2D eigenvalue weighted by molar-refractivity contribution is 0.295. The van der Waals surface area contributed by atoms with Crippen molar-refractivity contribution in [1.29, 1.82) is 0 Å². The molecule has 0 aliphatic carbocycles. The van der Waals surface area contributed by atoms with E-state index in [9.17, 15) is 8.42 Å². The Morgan fingerprint density at radius 1 is 1.34 bits per heavy atom. The fourth-order valence-corrected chi connectivity index (χ4v) is 6.34. The molecule has 0 bridgehead atoms. The molecular formula is C19H33BN4O4S. The summed E-state index contributed by atoms with van der Waals surface area (Å²) in [6.07, 6.45) is 2.33. The minimum absolute atomic E-state index is 0.0173. The topological polar surface area (TPSA) is 119 Å². The van der Waals surface area contributed by atoms with Crippen LogP contribution in [0.4, 0.5) is 0 Å². The van der Waals surface area contributed by atoms with E-state index in [1.807, 2.05) is 37.3 Å². The Morgan fingerprint density at radius 3 is 2.69 bits per heavy atom. The van der Waals surface area contributed by atoms with Gasteiger partial charge in [-0.25, -0.2) is 0 Å². The molecule has 162 valence electrons. The Balaban J connectivity index is 1.76. The van der Waals surface area contributed by atoms with Gasteiger partial charge in [-0.3, -0.25) is 0 Å². The Labute approximate surface area is 174 Å². The highest BCUT2D eigenvalue weighted by molar-refractivity contribution is 7.86. The van der Waals surface area contributed by atoms with Crippen molar-refractivity contribution < 1.29 is 18.5 Å². The molecule has 0 aromatic heterocycles. The zero-order valence-corrected chi connectivity index (χ0v) is 17.9. The first-order valence-electron chi connectivity index (χ1n) is 10.4. The molecule has 2 aliphatic rings. The maximum Gasteiger partial charge on any atom is 0.451 e. The molecule has 2 saturated heterocycles. The highest BCUT2D eigenvalue weighted by Gasteiger charge is 2.47. The van der Waals surface area contributed by atoms with Gasteiger partial charge in [-0.2, -0.15) is 17.0 Å². The summed E-state index contributed by atoms with van der Waals surface area (Å²) in [6.45, 7) is 4.33. The van der Waals surface area contributed by atoms with Gasteiger partial charge in [0.2, 0.25) is 0 Å². The second-order valence-corrected chi connectivity index (χ2v) is 10.5. The Bertz CT molecular complexity index is 757. The van der Waals surface area contributed by atoms with Crippen molar-refractivity contribution in [3.63, 3.8) is 0 Å². The number of nitrogens with two attached hydrogens (primary N) is 1. The Hall–Kier alpha value is -1.01. The summed E-state index contributed by atoms with van der Waals surface area (Å²) in [5.74, 6) is -0.0173. The zero-order valence-electron chi connectivity index (χ0n) is 17.1. The minimum atomic E-state index is -3.68. The molecule has 0 radical (unpaired) electrons. The number of hydrogen-bond acceptors (Lipinski definition) is 6. The second-order valence-electron chi connectivity index (χ2n) is 8.59. The van der Waals surface area contributed by atoms with Crippen LogP contribution in [0.1, 0.15) is 31.7 Å². The number of rotatable bonds is 9. The summed E-state index contributed by atoms with van der Waals surface area (Å²) in [7, 11) is -5.02. The third-order valence-corrected chi connectivity index (χ3v) is 8.08. The number of benzene rings is 1. The van der Waals surface area contributed by atoms with Crippen molar-refractivity contribution in [1.82, 2.24) is 13.9 Å². The van der Waals surface area contributed by atoms with E-state index in [1.165, 1.54) is 4.31 Å². The molecular weight excluding hydrogens is 391 g/mol. The van der Waals surface area contributed by atoms with E-state index in [1.54, 1.807) is 4.31 Å². The van der Waals surface area contributed by atoms with Gasteiger partial charge in [0.15, 0.2) is 0 Å². The van der Waals surface area contributed by atoms with E-state index in [0.29, 0.717) is 32.5 Å².